The Morgan fingerprint density at radius 3 is 2.29 bits per heavy atom. The predicted molar refractivity (Wildman–Crippen MR) is 79.1 cm³/mol. The fraction of sp³-hybridized carbons (Fsp3) is 0. The Labute approximate surface area is 121 Å². The molecule has 0 aliphatic heterocycles. The van der Waals surface area contributed by atoms with Crippen LogP contribution in [0.1, 0.15) is 10.5 Å². The molecule has 0 bridgehead atoms. The van der Waals surface area contributed by atoms with Gasteiger partial charge in [0.05, 0.1) is 5.69 Å². The minimum Gasteiger partial charge on any atom is -0.457 e. The molecule has 5 heteroatoms. The monoisotopic (exact) mass is 279 g/mol. The lowest BCUT2D eigenvalue weighted by Gasteiger charge is -2.05. The van der Waals surface area contributed by atoms with E-state index >= 15 is 0 Å². The molecule has 1 amide bonds. The largest absolute Gasteiger partial charge is 0.457 e. The molecular weight excluding hydrogens is 266 g/mol. The number of para-hydroxylation sites is 1. The molecule has 0 unspecified atom stereocenters. The molecule has 21 heavy (non-hydrogen) atoms. The van der Waals surface area contributed by atoms with Crippen molar-refractivity contribution in [3.05, 3.63) is 66.4 Å². The van der Waals surface area contributed by atoms with Gasteiger partial charge in [-0.1, -0.05) is 18.2 Å². The van der Waals surface area contributed by atoms with Crippen LogP contribution in [0.4, 0.5) is 0 Å². The second kappa shape index (κ2) is 5.50. The van der Waals surface area contributed by atoms with Gasteiger partial charge in [-0.05, 0) is 42.5 Å². The standard InChI is InChI=1S/C16H13N3O2/c17-16(20)15-10-14(18-19-15)11-6-8-13(9-7-11)21-12-4-2-1-3-5-12/h1-10H,(H2,17,20)(H,18,19). The number of amides is 1. The molecule has 0 spiro atoms. The van der Waals surface area contributed by atoms with Gasteiger partial charge in [0.1, 0.15) is 17.2 Å². The van der Waals surface area contributed by atoms with Crippen LogP contribution in [0, 0.1) is 0 Å². The zero-order valence-corrected chi connectivity index (χ0v) is 11.1. The fourth-order valence-electron chi connectivity index (χ4n) is 1.91. The second-order valence-corrected chi connectivity index (χ2v) is 4.47. The molecule has 1 heterocycles. The number of hydrogen-bond acceptors (Lipinski definition) is 3. The summed E-state index contributed by atoms with van der Waals surface area (Å²) in [5, 5.41) is 6.66. The summed E-state index contributed by atoms with van der Waals surface area (Å²) in [5.41, 5.74) is 7.01. The molecule has 1 aromatic heterocycles. The van der Waals surface area contributed by atoms with E-state index in [0.29, 0.717) is 5.69 Å². The van der Waals surface area contributed by atoms with Gasteiger partial charge in [0.2, 0.25) is 0 Å². The summed E-state index contributed by atoms with van der Waals surface area (Å²) in [7, 11) is 0. The number of aromatic nitrogens is 2. The zero-order chi connectivity index (χ0) is 14.7. The lowest BCUT2D eigenvalue weighted by Crippen LogP contribution is -2.10. The van der Waals surface area contributed by atoms with E-state index in [4.69, 9.17) is 10.5 Å². The molecule has 104 valence electrons. The zero-order valence-electron chi connectivity index (χ0n) is 11.1. The van der Waals surface area contributed by atoms with Gasteiger partial charge in [0.25, 0.3) is 5.91 Å². The third-order valence-electron chi connectivity index (χ3n) is 2.97. The Hall–Kier alpha value is -3.08. The first-order valence-corrected chi connectivity index (χ1v) is 6.41. The molecule has 0 aliphatic rings. The molecule has 0 saturated heterocycles. The molecular formula is C16H13N3O2. The van der Waals surface area contributed by atoms with Crippen LogP contribution in [0.25, 0.3) is 11.3 Å². The van der Waals surface area contributed by atoms with Gasteiger partial charge in [0, 0.05) is 5.56 Å². The van der Waals surface area contributed by atoms with Crippen molar-refractivity contribution in [1.29, 1.82) is 0 Å². The van der Waals surface area contributed by atoms with Gasteiger partial charge < -0.3 is 10.5 Å². The summed E-state index contributed by atoms with van der Waals surface area (Å²) in [6, 6.07) is 18.6. The van der Waals surface area contributed by atoms with Crippen LogP contribution in [0.2, 0.25) is 0 Å². The van der Waals surface area contributed by atoms with Crippen LogP contribution < -0.4 is 10.5 Å². The highest BCUT2D eigenvalue weighted by Gasteiger charge is 2.07. The quantitative estimate of drug-likeness (QED) is 0.770. The lowest BCUT2D eigenvalue weighted by atomic mass is 10.1. The lowest BCUT2D eigenvalue weighted by molar-refractivity contribution is 0.0995. The molecule has 5 nitrogen and oxygen atoms in total. The number of benzene rings is 2. The summed E-state index contributed by atoms with van der Waals surface area (Å²) < 4.78 is 5.71. The van der Waals surface area contributed by atoms with Crippen molar-refractivity contribution in [3.8, 4) is 22.8 Å². The summed E-state index contributed by atoms with van der Waals surface area (Å²) in [4.78, 5) is 11.0. The number of H-pyrrole nitrogens is 1. The number of nitrogens with one attached hydrogen (secondary N) is 1. The number of nitrogens with zero attached hydrogens (tertiary/aromatic N) is 1. The van der Waals surface area contributed by atoms with E-state index in [0.717, 1.165) is 17.1 Å². The Morgan fingerprint density at radius 1 is 1.00 bits per heavy atom. The average molecular weight is 279 g/mol. The first kappa shape index (κ1) is 12.9. The van der Waals surface area contributed by atoms with Gasteiger partial charge >= 0.3 is 0 Å². The summed E-state index contributed by atoms with van der Waals surface area (Å²) in [5.74, 6) is 0.981. The van der Waals surface area contributed by atoms with Gasteiger partial charge in [-0.25, -0.2) is 0 Å². The van der Waals surface area contributed by atoms with Crippen molar-refractivity contribution in [2.24, 2.45) is 5.73 Å². The van der Waals surface area contributed by atoms with E-state index in [1.807, 2.05) is 54.6 Å². The van der Waals surface area contributed by atoms with E-state index in [2.05, 4.69) is 10.2 Å². The topological polar surface area (TPSA) is 81.0 Å². The van der Waals surface area contributed by atoms with Crippen molar-refractivity contribution >= 4 is 5.91 Å². The summed E-state index contributed by atoms with van der Waals surface area (Å²) in [6.07, 6.45) is 0. The van der Waals surface area contributed by atoms with E-state index < -0.39 is 5.91 Å². The van der Waals surface area contributed by atoms with Crippen molar-refractivity contribution < 1.29 is 9.53 Å². The number of primary amides is 1. The van der Waals surface area contributed by atoms with E-state index in [9.17, 15) is 4.79 Å². The van der Waals surface area contributed by atoms with Crippen LogP contribution in [0.15, 0.2) is 60.7 Å². The van der Waals surface area contributed by atoms with Crippen LogP contribution in [-0.4, -0.2) is 16.1 Å². The number of ether oxygens (including phenoxy) is 1. The van der Waals surface area contributed by atoms with Crippen molar-refractivity contribution in [2.75, 3.05) is 0 Å². The predicted octanol–water partition coefficient (Wildman–Crippen LogP) is 2.97. The highest BCUT2D eigenvalue weighted by atomic mass is 16.5. The number of rotatable bonds is 4. The number of aromatic amines is 1. The summed E-state index contributed by atoms with van der Waals surface area (Å²) >= 11 is 0. The third-order valence-corrected chi connectivity index (χ3v) is 2.97. The van der Waals surface area contributed by atoms with Crippen LogP contribution >= 0.6 is 0 Å². The molecule has 3 rings (SSSR count). The molecule has 0 aliphatic carbocycles. The van der Waals surface area contributed by atoms with Gasteiger partial charge in [0.15, 0.2) is 0 Å². The Bertz CT molecular complexity index is 749. The molecule has 0 radical (unpaired) electrons. The Kier molecular flexibility index (Phi) is 3.39. The van der Waals surface area contributed by atoms with E-state index in [1.54, 1.807) is 6.07 Å². The second-order valence-electron chi connectivity index (χ2n) is 4.47. The summed E-state index contributed by atoms with van der Waals surface area (Å²) in [6.45, 7) is 0. The molecule has 0 saturated carbocycles. The van der Waals surface area contributed by atoms with E-state index in [-0.39, 0.29) is 5.69 Å². The number of carbonyl (C=O) groups excluding carboxylic acids is 1. The van der Waals surface area contributed by atoms with Gasteiger partial charge in [-0.3, -0.25) is 9.89 Å². The molecule has 3 N–H and O–H groups in total. The van der Waals surface area contributed by atoms with Crippen LogP contribution in [0.5, 0.6) is 11.5 Å². The molecule has 3 aromatic rings. The van der Waals surface area contributed by atoms with Gasteiger partial charge in [-0.2, -0.15) is 5.10 Å². The fourth-order valence-corrected chi connectivity index (χ4v) is 1.91. The number of carbonyl (C=O) groups is 1. The van der Waals surface area contributed by atoms with E-state index in [1.165, 1.54) is 0 Å². The van der Waals surface area contributed by atoms with Gasteiger partial charge in [-0.15, -0.1) is 0 Å². The normalized spacial score (nSPS) is 10.3. The molecule has 0 atom stereocenters. The first-order valence-electron chi connectivity index (χ1n) is 6.41. The number of nitrogens with two attached hydrogens (primary N) is 1. The third kappa shape index (κ3) is 2.92. The Balaban J connectivity index is 1.78. The van der Waals surface area contributed by atoms with Crippen molar-refractivity contribution in [3.63, 3.8) is 0 Å². The molecule has 2 aromatic carbocycles. The van der Waals surface area contributed by atoms with Crippen LogP contribution in [-0.2, 0) is 0 Å². The SMILES string of the molecule is NC(=O)c1cc(-c2ccc(Oc3ccccc3)cc2)n[nH]1. The highest BCUT2D eigenvalue weighted by molar-refractivity contribution is 5.91. The minimum atomic E-state index is -0.530. The average Bonchev–Trinajstić information content (AvgIpc) is 2.99. The highest BCUT2D eigenvalue weighted by Crippen LogP contribution is 2.24. The minimum absolute atomic E-state index is 0.287. The molecule has 0 fully saturated rings. The first-order chi connectivity index (χ1) is 10.2. The van der Waals surface area contributed by atoms with Crippen molar-refractivity contribution in [1.82, 2.24) is 10.2 Å². The maximum absolute atomic E-state index is 11.0. The maximum Gasteiger partial charge on any atom is 0.266 e. The van der Waals surface area contributed by atoms with Crippen LogP contribution in [0.3, 0.4) is 0 Å². The van der Waals surface area contributed by atoms with Crippen molar-refractivity contribution in [2.45, 2.75) is 0 Å². The number of hydrogen-bond donors (Lipinski definition) is 2. The smallest absolute Gasteiger partial charge is 0.266 e. The maximum atomic E-state index is 11.0. The Morgan fingerprint density at radius 2 is 1.67 bits per heavy atom.